The van der Waals surface area contributed by atoms with Crippen LogP contribution in [0.25, 0.3) is 33.4 Å². The van der Waals surface area contributed by atoms with E-state index in [1.165, 1.54) is 0 Å². The summed E-state index contributed by atoms with van der Waals surface area (Å²) in [6, 6.07) is 20.3. The number of aromatic hydroxyl groups is 1. The van der Waals surface area contributed by atoms with Gasteiger partial charge in [0, 0.05) is 41.4 Å². The number of carbonyl (C=O) groups is 2. The number of hydrogen-bond donors (Lipinski definition) is 2. The molecule has 0 fully saturated rings. The maximum absolute atomic E-state index is 13.2. The third-order valence-corrected chi connectivity index (χ3v) is 6.94. The van der Waals surface area contributed by atoms with Gasteiger partial charge in [0.1, 0.15) is 11.4 Å². The Bertz CT molecular complexity index is 1540. The highest BCUT2D eigenvalue weighted by molar-refractivity contribution is 6.34. The lowest BCUT2D eigenvalue weighted by atomic mass is 9.88. The van der Waals surface area contributed by atoms with E-state index in [1.54, 1.807) is 36.0 Å². The van der Waals surface area contributed by atoms with Crippen molar-refractivity contribution in [2.24, 2.45) is 7.05 Å². The Morgan fingerprint density at radius 2 is 1.57 bits per heavy atom. The van der Waals surface area contributed by atoms with E-state index in [0.29, 0.717) is 28.2 Å². The number of allylic oxidation sites excluding steroid dienone is 2. The van der Waals surface area contributed by atoms with Crippen LogP contribution in [-0.2, 0) is 11.8 Å². The van der Waals surface area contributed by atoms with Gasteiger partial charge in [-0.2, -0.15) is 0 Å². The first-order valence-electron chi connectivity index (χ1n) is 12.0. The molecule has 3 aromatic carbocycles. The van der Waals surface area contributed by atoms with Crippen molar-refractivity contribution in [3.63, 3.8) is 0 Å². The highest BCUT2D eigenvalue weighted by Crippen LogP contribution is 2.38. The molecule has 0 saturated carbocycles. The van der Waals surface area contributed by atoms with Crippen molar-refractivity contribution in [1.29, 1.82) is 0 Å². The van der Waals surface area contributed by atoms with Crippen molar-refractivity contribution in [3.8, 4) is 28.0 Å². The number of nitrogens with zero attached hydrogens (tertiary/aromatic N) is 1. The number of phenolic OH excluding ortho intramolecular Hbond substituents is 1. The van der Waals surface area contributed by atoms with Gasteiger partial charge in [0.25, 0.3) is 0 Å². The van der Waals surface area contributed by atoms with Crippen molar-refractivity contribution >= 4 is 34.5 Å². The average Bonchev–Trinajstić information content (AvgIpc) is 3.27. The number of aromatic nitrogens is 1. The average molecular weight is 514 g/mol. The number of para-hydroxylation sites is 1. The Labute approximate surface area is 221 Å². The Morgan fingerprint density at radius 3 is 2.14 bits per heavy atom. The third-order valence-electron chi connectivity index (χ3n) is 6.63. The van der Waals surface area contributed by atoms with Crippen LogP contribution in [0.1, 0.15) is 47.4 Å². The van der Waals surface area contributed by atoms with Gasteiger partial charge in [-0.05, 0) is 71.5 Å². The summed E-state index contributed by atoms with van der Waals surface area (Å²) in [6.45, 7) is 5.57. The van der Waals surface area contributed by atoms with E-state index in [9.17, 15) is 19.8 Å². The molecule has 0 aliphatic heterocycles. The van der Waals surface area contributed by atoms with Gasteiger partial charge in [-0.25, -0.2) is 4.79 Å². The van der Waals surface area contributed by atoms with Crippen molar-refractivity contribution in [1.82, 2.24) is 4.57 Å². The van der Waals surface area contributed by atoms with E-state index in [2.05, 4.69) is 0 Å². The van der Waals surface area contributed by atoms with Gasteiger partial charge in [0.05, 0.1) is 0 Å². The summed E-state index contributed by atoms with van der Waals surface area (Å²) in [5.41, 5.74) is 6.96. The summed E-state index contributed by atoms with van der Waals surface area (Å²) in [7, 11) is 1.67. The topological polar surface area (TPSA) is 79.5 Å². The van der Waals surface area contributed by atoms with Gasteiger partial charge in [0.2, 0.25) is 0 Å². The smallest absolute Gasteiger partial charge is 0.352 e. The number of halogens is 1. The molecule has 6 heteroatoms. The minimum absolute atomic E-state index is 0.0375. The molecule has 4 aromatic rings. The molecule has 0 radical (unpaired) electrons. The first kappa shape index (κ1) is 26.0. The number of rotatable bonds is 7. The van der Waals surface area contributed by atoms with Crippen molar-refractivity contribution < 1.29 is 19.8 Å². The van der Waals surface area contributed by atoms with Gasteiger partial charge in [-0.1, -0.05) is 61.0 Å². The fourth-order valence-corrected chi connectivity index (χ4v) is 4.90. The summed E-state index contributed by atoms with van der Waals surface area (Å²) in [4.78, 5) is 24.8. The van der Waals surface area contributed by atoms with E-state index in [0.717, 1.165) is 33.4 Å². The zero-order valence-electron chi connectivity index (χ0n) is 21.2. The van der Waals surface area contributed by atoms with Crippen LogP contribution in [0, 0.1) is 6.92 Å². The standard InChI is InChI=1S/C31H28ClNO4/c1-5-28(34)30(19(3)22-15-27(31(36)37)33(4)17-22)24-16-25(26(32)14-18(24)2)21-12-10-20(11-13-21)23-8-6-7-9-29(23)35/h6-17,35H,5H2,1-4H3,(H,36,37). The van der Waals surface area contributed by atoms with Gasteiger partial charge in [-0.15, -0.1) is 0 Å². The van der Waals surface area contributed by atoms with Crippen molar-refractivity contribution in [3.05, 3.63) is 100 Å². The summed E-state index contributed by atoms with van der Waals surface area (Å²) >= 11 is 6.68. The monoisotopic (exact) mass is 513 g/mol. The molecular formula is C31H28ClNO4. The van der Waals surface area contributed by atoms with E-state index in [4.69, 9.17) is 11.6 Å². The fraction of sp³-hybridized carbons (Fsp3) is 0.161. The highest BCUT2D eigenvalue weighted by Gasteiger charge is 2.21. The van der Waals surface area contributed by atoms with Gasteiger partial charge in [-0.3, -0.25) is 4.79 Å². The SMILES string of the molecule is CCC(=O)C(=C(C)c1cc(C(=O)O)n(C)c1)c1cc(-c2ccc(-c3ccccc3O)cc2)c(Cl)cc1C. The normalized spacial score (nSPS) is 11.8. The summed E-state index contributed by atoms with van der Waals surface area (Å²) in [6.07, 6.45) is 2.03. The zero-order chi connectivity index (χ0) is 26.9. The molecule has 37 heavy (non-hydrogen) atoms. The molecule has 1 aromatic heterocycles. The molecule has 0 aliphatic carbocycles. The molecule has 188 valence electrons. The van der Waals surface area contributed by atoms with E-state index >= 15 is 0 Å². The number of Topliss-reactive ketones (excluding diaryl/α,β-unsaturated/α-hetero) is 1. The second-order valence-electron chi connectivity index (χ2n) is 9.05. The predicted molar refractivity (Wildman–Crippen MR) is 149 cm³/mol. The lowest BCUT2D eigenvalue weighted by Gasteiger charge is -2.17. The molecule has 0 bridgehead atoms. The minimum atomic E-state index is -1.03. The molecule has 0 unspecified atom stereocenters. The Kier molecular flexibility index (Phi) is 7.37. The highest BCUT2D eigenvalue weighted by atomic mass is 35.5. The minimum Gasteiger partial charge on any atom is -0.507 e. The molecule has 4 rings (SSSR count). The van der Waals surface area contributed by atoms with Crippen LogP contribution in [-0.4, -0.2) is 26.5 Å². The number of phenols is 1. The number of aromatic carboxylic acids is 1. The fourth-order valence-electron chi connectivity index (χ4n) is 4.58. The predicted octanol–water partition coefficient (Wildman–Crippen LogP) is 7.63. The largest absolute Gasteiger partial charge is 0.507 e. The number of carbonyl (C=O) groups excluding carboxylic acids is 1. The van der Waals surface area contributed by atoms with Gasteiger partial charge < -0.3 is 14.8 Å². The zero-order valence-corrected chi connectivity index (χ0v) is 21.9. The van der Waals surface area contributed by atoms with E-state index in [1.807, 2.05) is 69.3 Å². The molecule has 0 spiro atoms. The maximum atomic E-state index is 13.2. The lowest BCUT2D eigenvalue weighted by molar-refractivity contribution is -0.113. The molecule has 2 N–H and O–H groups in total. The second-order valence-corrected chi connectivity index (χ2v) is 9.46. The van der Waals surface area contributed by atoms with Crippen LogP contribution in [0.3, 0.4) is 0 Å². The number of carboxylic acids is 1. The second kappa shape index (κ2) is 10.5. The van der Waals surface area contributed by atoms with Crippen LogP contribution in [0.4, 0.5) is 0 Å². The van der Waals surface area contributed by atoms with Crippen LogP contribution in [0.2, 0.25) is 5.02 Å². The van der Waals surface area contributed by atoms with E-state index in [-0.39, 0.29) is 17.2 Å². The molecular weight excluding hydrogens is 486 g/mol. The van der Waals surface area contributed by atoms with Crippen molar-refractivity contribution in [2.45, 2.75) is 27.2 Å². The van der Waals surface area contributed by atoms with Gasteiger partial charge >= 0.3 is 5.97 Å². The number of aryl methyl sites for hydroxylation is 2. The third kappa shape index (κ3) is 5.09. The van der Waals surface area contributed by atoms with Crippen LogP contribution < -0.4 is 0 Å². The van der Waals surface area contributed by atoms with Crippen molar-refractivity contribution in [2.75, 3.05) is 0 Å². The van der Waals surface area contributed by atoms with E-state index < -0.39 is 5.97 Å². The molecule has 5 nitrogen and oxygen atoms in total. The first-order chi connectivity index (χ1) is 17.6. The molecule has 0 amide bonds. The van der Waals surface area contributed by atoms with Crippen LogP contribution >= 0.6 is 11.6 Å². The van der Waals surface area contributed by atoms with Crippen LogP contribution in [0.15, 0.2) is 72.9 Å². The Hall–Kier alpha value is -4.09. The number of hydrogen-bond acceptors (Lipinski definition) is 3. The maximum Gasteiger partial charge on any atom is 0.352 e. The Balaban J connectivity index is 1.85. The summed E-state index contributed by atoms with van der Waals surface area (Å²) < 4.78 is 1.54. The Morgan fingerprint density at radius 1 is 0.946 bits per heavy atom. The first-order valence-corrected chi connectivity index (χ1v) is 12.3. The summed E-state index contributed by atoms with van der Waals surface area (Å²) in [5, 5.41) is 20.2. The van der Waals surface area contributed by atoms with Crippen LogP contribution in [0.5, 0.6) is 5.75 Å². The summed E-state index contributed by atoms with van der Waals surface area (Å²) in [5.74, 6) is -0.854. The molecule has 0 saturated heterocycles. The number of carboxylic acid groups (broad SMARTS) is 1. The number of ketones is 1. The molecule has 0 aliphatic rings. The van der Waals surface area contributed by atoms with Gasteiger partial charge in [0.15, 0.2) is 5.78 Å². The quantitative estimate of drug-likeness (QED) is 0.249. The molecule has 1 heterocycles. The lowest BCUT2D eigenvalue weighted by Crippen LogP contribution is -2.05. The number of benzene rings is 3. The molecule has 0 atom stereocenters.